The fourth-order valence-electron chi connectivity index (χ4n) is 2.87. The van der Waals surface area contributed by atoms with Crippen molar-refractivity contribution in [3.8, 4) is 11.5 Å². The lowest BCUT2D eigenvalue weighted by atomic mass is 10.1. The molecule has 8 nitrogen and oxygen atoms in total. The molecule has 0 saturated carbocycles. The number of ether oxygens (including phenoxy) is 2. The smallest absolute Gasteiger partial charge is 0.288 e. The Kier molecular flexibility index (Phi) is 4.88. The zero-order valence-corrected chi connectivity index (χ0v) is 14.9. The number of carbonyl (C=O) groups excluding carboxylic acids is 2. The van der Waals surface area contributed by atoms with Crippen LogP contribution in [0.2, 0.25) is 0 Å². The molecular formula is C18H20FN3O5. The summed E-state index contributed by atoms with van der Waals surface area (Å²) >= 11 is 0. The van der Waals surface area contributed by atoms with Gasteiger partial charge in [0.25, 0.3) is 17.7 Å². The van der Waals surface area contributed by atoms with E-state index in [0.29, 0.717) is 22.4 Å². The van der Waals surface area contributed by atoms with Crippen molar-refractivity contribution in [1.29, 1.82) is 0 Å². The van der Waals surface area contributed by atoms with E-state index in [1.165, 1.54) is 12.3 Å². The van der Waals surface area contributed by atoms with Crippen LogP contribution in [0.1, 0.15) is 30.6 Å². The molecule has 0 radical (unpaired) electrons. The lowest BCUT2D eigenvalue weighted by Gasteiger charge is -2.16. The third-order valence-corrected chi connectivity index (χ3v) is 4.07. The monoisotopic (exact) mass is 377 g/mol. The highest BCUT2D eigenvalue weighted by Crippen LogP contribution is 2.32. The number of pyridine rings is 1. The van der Waals surface area contributed by atoms with Gasteiger partial charge in [-0.15, -0.1) is 0 Å². The van der Waals surface area contributed by atoms with Crippen molar-refractivity contribution in [2.75, 3.05) is 6.61 Å². The first-order chi connectivity index (χ1) is 12.7. The van der Waals surface area contributed by atoms with Gasteiger partial charge in [-0.2, -0.15) is 0 Å². The Morgan fingerprint density at radius 2 is 2.22 bits per heavy atom. The highest BCUT2D eigenvalue weighted by atomic mass is 19.2. The molecule has 2 aromatic rings. The van der Waals surface area contributed by atoms with Gasteiger partial charge in [-0.3, -0.25) is 14.6 Å². The van der Waals surface area contributed by atoms with Gasteiger partial charge in [0.15, 0.2) is 0 Å². The summed E-state index contributed by atoms with van der Waals surface area (Å²) in [6.45, 7) is 3.59. The summed E-state index contributed by atoms with van der Waals surface area (Å²) in [7, 11) is 0. The minimum absolute atomic E-state index is 0.0466. The van der Waals surface area contributed by atoms with E-state index >= 15 is 0 Å². The van der Waals surface area contributed by atoms with E-state index < -0.39 is 30.1 Å². The van der Waals surface area contributed by atoms with E-state index in [1.807, 2.05) is 13.8 Å². The third kappa shape index (κ3) is 3.92. The summed E-state index contributed by atoms with van der Waals surface area (Å²) in [6.07, 6.45) is 0.907. The Labute approximate surface area is 154 Å². The Bertz CT molecular complexity index is 900. The van der Waals surface area contributed by atoms with Gasteiger partial charge < -0.3 is 25.6 Å². The van der Waals surface area contributed by atoms with E-state index in [4.69, 9.17) is 15.2 Å². The van der Waals surface area contributed by atoms with Crippen molar-refractivity contribution in [3.63, 3.8) is 0 Å². The Morgan fingerprint density at radius 3 is 2.81 bits per heavy atom. The second-order valence-corrected chi connectivity index (χ2v) is 6.65. The van der Waals surface area contributed by atoms with Gasteiger partial charge in [-0.25, -0.2) is 4.39 Å². The predicted octanol–water partition coefficient (Wildman–Crippen LogP) is 1.05. The maximum atomic E-state index is 13.5. The van der Waals surface area contributed by atoms with Crippen molar-refractivity contribution < 1.29 is 28.6 Å². The number of aliphatic hydroxyl groups is 1. The highest BCUT2D eigenvalue weighted by molar-refractivity contribution is 6.01. The molecule has 1 aliphatic heterocycles. The number of carbonyl (C=O) groups is 2. The Balaban J connectivity index is 1.89. The zero-order valence-electron chi connectivity index (χ0n) is 14.9. The molecule has 2 heterocycles. The number of benzene rings is 1. The maximum absolute atomic E-state index is 13.5. The van der Waals surface area contributed by atoms with E-state index in [1.54, 1.807) is 12.1 Å². The number of nitrogens with two attached hydrogens (primary N) is 1. The van der Waals surface area contributed by atoms with E-state index in [9.17, 15) is 19.1 Å². The number of nitrogens with one attached hydrogen (secondary N) is 1. The number of halogens is 1. The number of hydrogen-bond donors (Lipinski definition) is 3. The second kappa shape index (κ2) is 6.99. The maximum Gasteiger partial charge on any atom is 0.288 e. The number of rotatable bonds is 6. The molecule has 0 unspecified atom stereocenters. The van der Waals surface area contributed by atoms with Crippen LogP contribution in [-0.4, -0.2) is 46.5 Å². The van der Waals surface area contributed by atoms with Gasteiger partial charge in [0.2, 0.25) is 0 Å². The first kappa shape index (κ1) is 18.8. The molecule has 2 atom stereocenters. The molecule has 1 saturated heterocycles. The molecule has 27 heavy (non-hydrogen) atoms. The molecule has 3 rings (SSSR count). The summed E-state index contributed by atoms with van der Waals surface area (Å²) in [6, 6.07) is 4.05. The van der Waals surface area contributed by atoms with Crippen LogP contribution in [0.25, 0.3) is 10.9 Å². The van der Waals surface area contributed by atoms with Gasteiger partial charge >= 0.3 is 0 Å². The number of nitrogens with zero attached hydrogens (tertiary/aromatic N) is 1. The molecule has 0 spiro atoms. The molecule has 9 heteroatoms. The third-order valence-electron chi connectivity index (χ3n) is 4.07. The molecule has 4 N–H and O–H groups in total. The molecule has 1 aromatic carbocycles. The Hall–Kier alpha value is -2.94. The average molecular weight is 377 g/mol. The van der Waals surface area contributed by atoms with Crippen LogP contribution < -0.4 is 20.5 Å². The first-order valence-electron chi connectivity index (χ1n) is 8.41. The number of hydrogen-bond acceptors (Lipinski definition) is 6. The largest absolute Gasteiger partial charge is 0.491 e. The molecule has 2 amide bonds. The van der Waals surface area contributed by atoms with Gasteiger partial charge in [0.05, 0.1) is 23.2 Å². The van der Waals surface area contributed by atoms with Crippen LogP contribution in [0.4, 0.5) is 4.39 Å². The van der Waals surface area contributed by atoms with E-state index in [2.05, 4.69) is 10.3 Å². The summed E-state index contributed by atoms with van der Waals surface area (Å²) in [5.74, 6) is -3.89. The van der Waals surface area contributed by atoms with Gasteiger partial charge in [0, 0.05) is 18.0 Å². The van der Waals surface area contributed by atoms with Crippen molar-refractivity contribution in [2.45, 2.75) is 38.3 Å². The van der Waals surface area contributed by atoms with E-state index in [0.717, 1.165) is 0 Å². The lowest BCUT2D eigenvalue weighted by molar-refractivity contribution is -0.153. The number of amides is 2. The molecular weight excluding hydrogens is 357 g/mol. The minimum Gasteiger partial charge on any atom is -0.491 e. The first-order valence-corrected chi connectivity index (χ1v) is 8.41. The summed E-state index contributed by atoms with van der Waals surface area (Å²) in [5, 5.41) is 12.2. The quantitative estimate of drug-likeness (QED) is 0.691. The van der Waals surface area contributed by atoms with Crippen LogP contribution in [-0.2, 0) is 4.79 Å². The molecule has 1 aromatic heterocycles. The number of primary amides is 1. The standard InChI is InChI=1S/C18H20FN3O5/c1-9(2)27-15-6-11-13(5-12(15)16(20)23)21-4-3-14(11)26-8-10-7-18(19,25)17(24)22-10/h3-6,9-10,25H,7-8H2,1-2H3,(H2,20,23)(H,22,24)/t10-,18+/m0/s1. The van der Waals surface area contributed by atoms with Crippen LogP contribution >= 0.6 is 0 Å². The predicted molar refractivity (Wildman–Crippen MR) is 94.1 cm³/mol. The fourth-order valence-corrected chi connectivity index (χ4v) is 2.87. The van der Waals surface area contributed by atoms with Crippen LogP contribution in [0.15, 0.2) is 24.4 Å². The zero-order chi connectivity index (χ0) is 19.8. The van der Waals surface area contributed by atoms with Crippen LogP contribution in [0.5, 0.6) is 11.5 Å². The molecule has 144 valence electrons. The summed E-state index contributed by atoms with van der Waals surface area (Å²) in [5.41, 5.74) is 6.09. The number of fused-ring (bicyclic) bond motifs is 1. The molecule has 0 bridgehead atoms. The topological polar surface area (TPSA) is 124 Å². The highest BCUT2D eigenvalue weighted by Gasteiger charge is 2.46. The summed E-state index contributed by atoms with van der Waals surface area (Å²) in [4.78, 5) is 27.2. The van der Waals surface area contributed by atoms with Gasteiger partial charge in [-0.1, -0.05) is 0 Å². The van der Waals surface area contributed by atoms with Gasteiger partial charge in [-0.05, 0) is 32.0 Å². The fraction of sp³-hybridized carbons (Fsp3) is 0.389. The van der Waals surface area contributed by atoms with Crippen LogP contribution in [0, 0.1) is 0 Å². The molecule has 0 aliphatic carbocycles. The Morgan fingerprint density at radius 1 is 1.48 bits per heavy atom. The van der Waals surface area contributed by atoms with E-state index in [-0.39, 0.29) is 18.3 Å². The number of aromatic nitrogens is 1. The SMILES string of the molecule is CC(C)Oc1cc2c(OC[C@@H]3C[C@](O)(F)C(=O)N3)ccnc2cc1C(N)=O. The van der Waals surface area contributed by atoms with Gasteiger partial charge in [0.1, 0.15) is 18.1 Å². The normalized spacial score (nSPS) is 22.1. The van der Waals surface area contributed by atoms with Crippen molar-refractivity contribution >= 4 is 22.7 Å². The second-order valence-electron chi connectivity index (χ2n) is 6.65. The van der Waals surface area contributed by atoms with Crippen molar-refractivity contribution in [3.05, 3.63) is 30.0 Å². The lowest BCUT2D eigenvalue weighted by Crippen LogP contribution is -2.34. The number of alkyl halides is 1. The van der Waals surface area contributed by atoms with Crippen molar-refractivity contribution in [2.24, 2.45) is 5.73 Å². The minimum atomic E-state index is -2.89. The summed E-state index contributed by atoms with van der Waals surface area (Å²) < 4.78 is 24.9. The van der Waals surface area contributed by atoms with Crippen LogP contribution in [0.3, 0.4) is 0 Å². The average Bonchev–Trinajstić information content (AvgIpc) is 2.84. The molecule has 1 aliphatic rings. The molecule has 1 fully saturated rings. The van der Waals surface area contributed by atoms with Crippen molar-refractivity contribution in [1.82, 2.24) is 10.3 Å².